The van der Waals surface area contributed by atoms with E-state index >= 15 is 0 Å². The number of hydrogen-bond donors (Lipinski definition) is 2. The Bertz CT molecular complexity index is 1050. The van der Waals surface area contributed by atoms with Gasteiger partial charge in [0, 0.05) is 23.7 Å². The van der Waals surface area contributed by atoms with Crippen LogP contribution in [0.15, 0.2) is 36.0 Å². The third kappa shape index (κ3) is 9.58. The van der Waals surface area contributed by atoms with Crippen LogP contribution >= 0.6 is 0 Å². The van der Waals surface area contributed by atoms with Gasteiger partial charge in [-0.25, -0.2) is 0 Å². The van der Waals surface area contributed by atoms with Gasteiger partial charge in [-0.3, -0.25) is 0 Å². The quantitative estimate of drug-likeness (QED) is 0.0911. The molecule has 1 heterocycles. The first-order valence-electron chi connectivity index (χ1n) is 17.6. The zero-order valence-electron chi connectivity index (χ0n) is 29.5. The Hall–Kier alpha value is -1.34. The SMILES string of the molecule is CC1=C[C@@H](O)CC(C)(C)C1C#CC(C)/C=C/CC(C)CCCCC(C)CCCC(C)/C=C/[C@@]12O[C@]1(C)C[C@@H](O)CC2(C)C. The van der Waals surface area contributed by atoms with Crippen LogP contribution in [0.5, 0.6) is 0 Å². The van der Waals surface area contributed by atoms with E-state index < -0.39 is 0 Å². The molecule has 244 valence electrons. The molecule has 0 aromatic carbocycles. The molecule has 2 fully saturated rings. The Balaban J connectivity index is 1.27. The highest BCUT2D eigenvalue weighted by atomic mass is 16.6. The van der Waals surface area contributed by atoms with Crippen molar-refractivity contribution in [2.75, 3.05) is 0 Å². The third-order valence-electron chi connectivity index (χ3n) is 11.0. The Morgan fingerprint density at radius 3 is 2.19 bits per heavy atom. The fourth-order valence-electron chi connectivity index (χ4n) is 8.33. The molecule has 0 aromatic heterocycles. The Morgan fingerprint density at radius 2 is 1.53 bits per heavy atom. The number of aliphatic hydroxyl groups is 2. The predicted octanol–water partition coefficient (Wildman–Crippen LogP) is 9.83. The number of ether oxygens (including phenoxy) is 1. The van der Waals surface area contributed by atoms with Gasteiger partial charge in [0.2, 0.25) is 0 Å². The van der Waals surface area contributed by atoms with Crippen LogP contribution in [0.2, 0.25) is 0 Å². The average Bonchev–Trinajstić information content (AvgIpc) is 3.49. The van der Waals surface area contributed by atoms with Crippen LogP contribution in [0.25, 0.3) is 0 Å². The summed E-state index contributed by atoms with van der Waals surface area (Å²) in [5, 5.41) is 20.4. The maximum absolute atomic E-state index is 10.3. The van der Waals surface area contributed by atoms with E-state index in [1.165, 1.54) is 50.5 Å². The van der Waals surface area contributed by atoms with Crippen molar-refractivity contribution in [2.24, 2.45) is 40.4 Å². The van der Waals surface area contributed by atoms with E-state index in [2.05, 4.69) is 105 Å². The third-order valence-corrected chi connectivity index (χ3v) is 11.0. The summed E-state index contributed by atoms with van der Waals surface area (Å²) >= 11 is 0. The van der Waals surface area contributed by atoms with Crippen LogP contribution in [0, 0.1) is 52.3 Å². The molecule has 0 spiro atoms. The summed E-state index contributed by atoms with van der Waals surface area (Å²) in [6, 6.07) is 0. The van der Waals surface area contributed by atoms with Gasteiger partial charge in [0.15, 0.2) is 0 Å². The van der Waals surface area contributed by atoms with Crippen LogP contribution in [-0.4, -0.2) is 33.6 Å². The largest absolute Gasteiger partial charge is 0.393 e. The summed E-state index contributed by atoms with van der Waals surface area (Å²) in [5.74, 6) is 9.57. The number of rotatable bonds is 14. The molecule has 9 atom stereocenters. The summed E-state index contributed by atoms with van der Waals surface area (Å²) in [6.45, 7) is 22.6. The first-order valence-corrected chi connectivity index (χ1v) is 17.6. The van der Waals surface area contributed by atoms with E-state index in [1.54, 1.807) is 0 Å². The molecule has 1 saturated heterocycles. The minimum Gasteiger partial charge on any atom is -0.393 e. The van der Waals surface area contributed by atoms with E-state index in [0.717, 1.165) is 37.5 Å². The average molecular weight is 595 g/mol. The standard InChI is InChI=1S/C40H66O3/c1-29(17-13-19-31(3)21-22-36-33(5)25-34(41)26-37(36,6)7)15-11-12-16-30(2)18-14-20-32(4)23-24-40-38(8,9)27-35(42)28-39(40,10)43-40/h13,19,23-25,29-32,34-36,41-42H,11-12,14-18,20,26-28H2,1-10H3/b19-13+,24-23+/t29?,30?,31?,32?,34-,35+,36?,39-,40+/m1/s1. The number of aliphatic hydroxyl groups excluding tert-OH is 2. The van der Waals surface area contributed by atoms with Crippen LogP contribution in [0.4, 0.5) is 0 Å². The van der Waals surface area contributed by atoms with E-state index in [9.17, 15) is 10.2 Å². The highest BCUT2D eigenvalue weighted by Crippen LogP contribution is 2.66. The second-order valence-electron chi connectivity index (χ2n) is 16.6. The van der Waals surface area contributed by atoms with E-state index in [1.807, 2.05) is 6.08 Å². The lowest BCUT2D eigenvalue weighted by Gasteiger charge is -2.39. The zero-order valence-corrected chi connectivity index (χ0v) is 29.5. The second-order valence-corrected chi connectivity index (χ2v) is 16.6. The molecule has 3 nitrogen and oxygen atoms in total. The first kappa shape index (κ1) is 36.1. The summed E-state index contributed by atoms with van der Waals surface area (Å²) in [5.41, 5.74) is 0.800. The van der Waals surface area contributed by atoms with Crippen LogP contribution in [0.3, 0.4) is 0 Å². The molecule has 2 N–H and O–H groups in total. The lowest BCUT2D eigenvalue weighted by atomic mass is 9.63. The van der Waals surface area contributed by atoms with Crippen molar-refractivity contribution in [1.29, 1.82) is 0 Å². The van der Waals surface area contributed by atoms with Crippen molar-refractivity contribution in [3.05, 3.63) is 36.0 Å². The van der Waals surface area contributed by atoms with E-state index in [-0.39, 0.29) is 46.1 Å². The van der Waals surface area contributed by atoms with Crippen molar-refractivity contribution in [3.8, 4) is 11.8 Å². The minimum absolute atomic E-state index is 0.0174. The molecule has 0 radical (unpaired) electrons. The number of hydrogen-bond acceptors (Lipinski definition) is 3. The topological polar surface area (TPSA) is 53.0 Å². The molecule has 0 bridgehead atoms. The van der Waals surface area contributed by atoms with Crippen molar-refractivity contribution >= 4 is 0 Å². The maximum Gasteiger partial charge on any atom is 0.121 e. The van der Waals surface area contributed by atoms with Crippen LogP contribution < -0.4 is 0 Å². The molecule has 1 saturated carbocycles. The van der Waals surface area contributed by atoms with Crippen molar-refractivity contribution in [2.45, 2.75) is 163 Å². The number of unbranched alkanes of at least 4 members (excludes halogenated alkanes) is 1. The van der Waals surface area contributed by atoms with Gasteiger partial charge >= 0.3 is 0 Å². The molecule has 5 unspecified atom stereocenters. The van der Waals surface area contributed by atoms with E-state index in [4.69, 9.17) is 4.74 Å². The summed E-state index contributed by atoms with van der Waals surface area (Å²) in [7, 11) is 0. The van der Waals surface area contributed by atoms with E-state index in [0.29, 0.717) is 5.92 Å². The molecule has 3 aliphatic rings. The predicted molar refractivity (Wildman–Crippen MR) is 183 cm³/mol. The molecule has 0 amide bonds. The molecule has 43 heavy (non-hydrogen) atoms. The van der Waals surface area contributed by atoms with Gasteiger partial charge < -0.3 is 14.9 Å². The van der Waals surface area contributed by atoms with Gasteiger partial charge in [0.25, 0.3) is 0 Å². The normalized spacial score (nSPS) is 34.1. The number of allylic oxidation sites excluding steroid dienone is 4. The fraction of sp³-hybridized carbons (Fsp3) is 0.800. The molecule has 1 aliphatic heterocycles. The zero-order chi connectivity index (χ0) is 32.1. The number of epoxide rings is 1. The van der Waals surface area contributed by atoms with Crippen LogP contribution in [-0.2, 0) is 4.74 Å². The highest BCUT2D eigenvalue weighted by Gasteiger charge is 2.74. The molecular weight excluding hydrogens is 528 g/mol. The Kier molecular flexibility index (Phi) is 12.5. The summed E-state index contributed by atoms with van der Waals surface area (Å²) in [4.78, 5) is 0. The van der Waals surface area contributed by atoms with Gasteiger partial charge in [0.1, 0.15) is 11.2 Å². The van der Waals surface area contributed by atoms with Crippen LogP contribution in [0.1, 0.15) is 140 Å². The first-order chi connectivity index (χ1) is 20.0. The van der Waals surface area contributed by atoms with Crippen molar-refractivity contribution < 1.29 is 14.9 Å². The Labute approximate surface area is 266 Å². The van der Waals surface area contributed by atoms with Gasteiger partial charge in [-0.15, -0.1) is 0 Å². The molecular formula is C40H66O3. The molecule has 3 rings (SSSR count). The Morgan fingerprint density at radius 1 is 0.884 bits per heavy atom. The van der Waals surface area contributed by atoms with Gasteiger partial charge in [-0.05, 0) is 69.6 Å². The molecule has 0 aromatic rings. The van der Waals surface area contributed by atoms with Gasteiger partial charge in [-0.1, -0.05) is 135 Å². The van der Waals surface area contributed by atoms with Gasteiger partial charge in [0.05, 0.1) is 12.2 Å². The van der Waals surface area contributed by atoms with Gasteiger partial charge in [-0.2, -0.15) is 0 Å². The summed E-state index contributed by atoms with van der Waals surface area (Å²) < 4.78 is 6.31. The molecule has 2 aliphatic carbocycles. The highest BCUT2D eigenvalue weighted by molar-refractivity contribution is 5.32. The fourth-order valence-corrected chi connectivity index (χ4v) is 8.33. The van der Waals surface area contributed by atoms with Crippen molar-refractivity contribution in [1.82, 2.24) is 0 Å². The maximum atomic E-state index is 10.3. The molecule has 3 heteroatoms. The summed E-state index contributed by atoms with van der Waals surface area (Å²) in [6.07, 6.45) is 23.4. The lowest BCUT2D eigenvalue weighted by Crippen LogP contribution is -2.46. The second kappa shape index (κ2) is 14.8. The number of fused-ring (bicyclic) bond motifs is 1. The monoisotopic (exact) mass is 595 g/mol. The lowest BCUT2D eigenvalue weighted by molar-refractivity contribution is 0.0513. The smallest absolute Gasteiger partial charge is 0.121 e. The minimum atomic E-state index is -0.334. The van der Waals surface area contributed by atoms with Crippen molar-refractivity contribution in [3.63, 3.8) is 0 Å².